The van der Waals surface area contributed by atoms with E-state index in [1.807, 2.05) is 23.1 Å². The Morgan fingerprint density at radius 2 is 1.40 bits per heavy atom. The molecule has 2 aliphatic rings. The number of rotatable bonds is 6. The second kappa shape index (κ2) is 11.0. The monoisotopic (exact) mass is 479 g/mol. The van der Waals surface area contributed by atoms with Crippen LogP contribution in [-0.4, -0.2) is 57.1 Å². The molecule has 0 bridgehead atoms. The number of benzene rings is 2. The Morgan fingerprint density at radius 1 is 0.829 bits per heavy atom. The Morgan fingerprint density at radius 3 is 1.97 bits per heavy atom. The summed E-state index contributed by atoms with van der Waals surface area (Å²) in [6.45, 7) is 7.95. The van der Waals surface area contributed by atoms with E-state index in [-0.39, 0.29) is 11.8 Å². The highest BCUT2D eigenvalue weighted by atomic mass is 16.5. The summed E-state index contributed by atoms with van der Waals surface area (Å²) in [6.07, 6.45) is 4.28. The Hall–Kier alpha value is -3.22. The number of piperidine rings is 2. The van der Waals surface area contributed by atoms with Gasteiger partial charge < -0.3 is 24.6 Å². The third kappa shape index (κ3) is 5.89. The normalized spacial score (nSPS) is 17.3. The van der Waals surface area contributed by atoms with E-state index in [1.165, 1.54) is 0 Å². The molecule has 0 aromatic heterocycles. The molecule has 1 N–H and O–H groups in total. The molecule has 2 aliphatic heterocycles. The fraction of sp³-hybridized carbons (Fsp3) is 0.500. The summed E-state index contributed by atoms with van der Waals surface area (Å²) in [7, 11) is 3.10. The third-order valence-electron chi connectivity index (χ3n) is 7.29. The van der Waals surface area contributed by atoms with Gasteiger partial charge in [0.05, 0.1) is 19.8 Å². The quantitative estimate of drug-likeness (QED) is 0.627. The zero-order valence-corrected chi connectivity index (χ0v) is 21.3. The van der Waals surface area contributed by atoms with Crippen molar-refractivity contribution in [2.45, 2.75) is 39.5 Å². The van der Waals surface area contributed by atoms with Gasteiger partial charge in [0.15, 0.2) is 0 Å². The number of hydrogen-bond acceptors (Lipinski definition) is 5. The van der Waals surface area contributed by atoms with Gasteiger partial charge in [0.2, 0.25) is 0 Å². The van der Waals surface area contributed by atoms with Crippen LogP contribution in [0.25, 0.3) is 0 Å². The molecule has 0 saturated carbocycles. The molecule has 35 heavy (non-hydrogen) atoms. The Balaban J connectivity index is 1.61. The predicted molar refractivity (Wildman–Crippen MR) is 139 cm³/mol. The van der Waals surface area contributed by atoms with Gasteiger partial charge in [-0.2, -0.15) is 0 Å². The molecule has 2 heterocycles. The van der Waals surface area contributed by atoms with Crippen LogP contribution in [0.4, 0.5) is 11.4 Å². The van der Waals surface area contributed by atoms with E-state index in [0.29, 0.717) is 40.1 Å². The minimum atomic E-state index is -0.285. The summed E-state index contributed by atoms with van der Waals surface area (Å²) in [4.78, 5) is 31.0. The molecule has 2 aromatic rings. The van der Waals surface area contributed by atoms with Gasteiger partial charge in [-0.3, -0.25) is 9.59 Å². The first-order chi connectivity index (χ1) is 16.9. The van der Waals surface area contributed by atoms with E-state index in [4.69, 9.17) is 9.47 Å². The predicted octanol–water partition coefficient (Wildman–Crippen LogP) is 5.06. The van der Waals surface area contributed by atoms with Gasteiger partial charge in [-0.15, -0.1) is 0 Å². The first kappa shape index (κ1) is 24.9. The molecule has 2 saturated heterocycles. The van der Waals surface area contributed by atoms with Gasteiger partial charge in [0.25, 0.3) is 11.8 Å². The Labute approximate surface area is 208 Å². The number of methoxy groups -OCH3 is 2. The van der Waals surface area contributed by atoms with Crippen molar-refractivity contribution < 1.29 is 19.1 Å². The van der Waals surface area contributed by atoms with Crippen LogP contribution in [0.15, 0.2) is 36.4 Å². The second-order valence-electron chi connectivity index (χ2n) is 9.93. The smallest absolute Gasteiger partial charge is 0.256 e. The van der Waals surface area contributed by atoms with Crippen molar-refractivity contribution in [3.8, 4) is 11.5 Å². The van der Waals surface area contributed by atoms with Gasteiger partial charge in [0.1, 0.15) is 11.5 Å². The maximum atomic E-state index is 13.7. The lowest BCUT2D eigenvalue weighted by atomic mass is 9.96. The zero-order valence-electron chi connectivity index (χ0n) is 21.3. The number of nitrogens with one attached hydrogen (secondary N) is 1. The SMILES string of the molecule is COc1cc(OC)cc(C(=O)Nc2ccc(N3CCC(C)CC3)c(C(=O)N3CCC(C)CC3)c2)c1. The lowest BCUT2D eigenvalue weighted by Gasteiger charge is -2.35. The molecule has 2 fully saturated rings. The summed E-state index contributed by atoms with van der Waals surface area (Å²) in [5, 5.41) is 2.96. The summed E-state index contributed by atoms with van der Waals surface area (Å²) in [6, 6.07) is 10.8. The number of anilines is 2. The van der Waals surface area contributed by atoms with Crippen molar-refractivity contribution in [1.29, 1.82) is 0 Å². The highest BCUT2D eigenvalue weighted by Crippen LogP contribution is 2.31. The van der Waals surface area contributed by atoms with Gasteiger partial charge in [0, 0.05) is 49.2 Å². The largest absolute Gasteiger partial charge is 0.497 e. The Bertz CT molecular complexity index is 1030. The van der Waals surface area contributed by atoms with E-state index < -0.39 is 0 Å². The molecule has 2 aromatic carbocycles. The maximum absolute atomic E-state index is 13.7. The molecule has 188 valence electrons. The van der Waals surface area contributed by atoms with Crippen LogP contribution in [0.1, 0.15) is 60.2 Å². The fourth-order valence-electron chi connectivity index (χ4n) is 4.83. The van der Waals surface area contributed by atoms with Gasteiger partial charge >= 0.3 is 0 Å². The summed E-state index contributed by atoms with van der Waals surface area (Å²) >= 11 is 0. The van der Waals surface area contributed by atoms with E-state index in [2.05, 4.69) is 24.1 Å². The number of carbonyl (C=O) groups excluding carboxylic acids is 2. The number of ether oxygens (including phenoxy) is 2. The summed E-state index contributed by atoms with van der Waals surface area (Å²) in [5.41, 5.74) is 2.64. The number of amides is 2. The second-order valence-corrected chi connectivity index (χ2v) is 9.93. The Kier molecular flexibility index (Phi) is 7.83. The molecule has 0 aliphatic carbocycles. The third-order valence-corrected chi connectivity index (χ3v) is 7.29. The molecular weight excluding hydrogens is 442 g/mol. The molecule has 4 rings (SSSR count). The van der Waals surface area contributed by atoms with Crippen molar-refractivity contribution >= 4 is 23.2 Å². The van der Waals surface area contributed by atoms with E-state index in [9.17, 15) is 9.59 Å². The average molecular weight is 480 g/mol. The summed E-state index contributed by atoms with van der Waals surface area (Å²) in [5.74, 6) is 2.19. The lowest BCUT2D eigenvalue weighted by molar-refractivity contribution is 0.0697. The van der Waals surface area contributed by atoms with Crippen LogP contribution >= 0.6 is 0 Å². The van der Waals surface area contributed by atoms with Crippen LogP contribution in [0.3, 0.4) is 0 Å². The molecule has 0 spiro atoms. The first-order valence-electron chi connectivity index (χ1n) is 12.6. The molecular formula is C28H37N3O4. The van der Waals surface area contributed by atoms with Crippen molar-refractivity contribution in [2.24, 2.45) is 11.8 Å². The highest BCUT2D eigenvalue weighted by Gasteiger charge is 2.27. The van der Waals surface area contributed by atoms with E-state index in [0.717, 1.165) is 57.5 Å². The van der Waals surface area contributed by atoms with Gasteiger partial charge in [-0.25, -0.2) is 0 Å². The fourth-order valence-corrected chi connectivity index (χ4v) is 4.83. The molecule has 2 amide bonds. The van der Waals surface area contributed by atoms with Crippen molar-refractivity contribution in [1.82, 2.24) is 4.90 Å². The minimum absolute atomic E-state index is 0.0460. The van der Waals surface area contributed by atoms with Crippen molar-refractivity contribution in [3.63, 3.8) is 0 Å². The number of likely N-dealkylation sites (tertiary alicyclic amines) is 1. The lowest BCUT2D eigenvalue weighted by Crippen LogP contribution is -2.40. The van der Waals surface area contributed by atoms with Crippen molar-refractivity contribution in [3.05, 3.63) is 47.5 Å². The standard InChI is InChI=1S/C28H37N3O4/c1-19-7-11-30(12-8-19)26-6-5-22(17-25(26)28(33)31-13-9-20(2)10-14-31)29-27(32)21-15-23(34-3)18-24(16-21)35-4/h5-6,15-20H,7-14H2,1-4H3,(H,29,32). The topological polar surface area (TPSA) is 71.1 Å². The molecule has 0 unspecified atom stereocenters. The van der Waals surface area contributed by atoms with Crippen LogP contribution in [0.2, 0.25) is 0 Å². The maximum Gasteiger partial charge on any atom is 0.256 e. The molecule has 0 atom stereocenters. The molecule has 7 nitrogen and oxygen atoms in total. The number of hydrogen-bond donors (Lipinski definition) is 1. The molecule has 7 heteroatoms. The van der Waals surface area contributed by atoms with Crippen LogP contribution in [0, 0.1) is 11.8 Å². The van der Waals surface area contributed by atoms with Crippen LogP contribution in [0.5, 0.6) is 11.5 Å². The van der Waals surface area contributed by atoms with E-state index >= 15 is 0 Å². The highest BCUT2D eigenvalue weighted by molar-refractivity contribution is 6.06. The van der Waals surface area contributed by atoms with Crippen LogP contribution < -0.4 is 19.7 Å². The van der Waals surface area contributed by atoms with Crippen molar-refractivity contribution in [2.75, 3.05) is 50.6 Å². The first-order valence-corrected chi connectivity index (χ1v) is 12.6. The molecule has 0 radical (unpaired) electrons. The van der Waals surface area contributed by atoms with Crippen LogP contribution in [-0.2, 0) is 0 Å². The van der Waals surface area contributed by atoms with Gasteiger partial charge in [-0.05, 0) is 67.9 Å². The average Bonchev–Trinajstić information content (AvgIpc) is 2.89. The summed E-state index contributed by atoms with van der Waals surface area (Å²) < 4.78 is 10.6. The van der Waals surface area contributed by atoms with Gasteiger partial charge in [-0.1, -0.05) is 13.8 Å². The zero-order chi connectivity index (χ0) is 24.9. The minimum Gasteiger partial charge on any atom is -0.497 e. The number of nitrogens with zero attached hydrogens (tertiary/aromatic N) is 2. The van der Waals surface area contributed by atoms with E-state index in [1.54, 1.807) is 32.4 Å². The number of carbonyl (C=O) groups is 2.